The van der Waals surface area contributed by atoms with Gasteiger partial charge in [0, 0.05) is 23.3 Å². The number of aromatic nitrogens is 1. The minimum absolute atomic E-state index is 0.148. The van der Waals surface area contributed by atoms with E-state index >= 15 is 0 Å². The molecule has 0 fully saturated rings. The van der Waals surface area contributed by atoms with E-state index in [1.807, 2.05) is 18.5 Å². The fourth-order valence-electron chi connectivity index (χ4n) is 2.45. The molecule has 2 aromatic heterocycles. The quantitative estimate of drug-likeness (QED) is 0.772. The van der Waals surface area contributed by atoms with E-state index in [1.165, 1.54) is 10.9 Å². The SMILES string of the molecule is CCNC(c1ccoc1)c1cccc2cnccc12. The van der Waals surface area contributed by atoms with E-state index in [0.29, 0.717) is 0 Å². The van der Waals surface area contributed by atoms with Crippen molar-refractivity contribution >= 4 is 10.8 Å². The summed E-state index contributed by atoms with van der Waals surface area (Å²) in [6, 6.07) is 10.5. The molecule has 19 heavy (non-hydrogen) atoms. The molecule has 3 aromatic rings. The third-order valence-electron chi connectivity index (χ3n) is 3.31. The second-order valence-electron chi connectivity index (χ2n) is 4.49. The van der Waals surface area contributed by atoms with Crippen LogP contribution in [0.4, 0.5) is 0 Å². The molecule has 1 unspecified atom stereocenters. The van der Waals surface area contributed by atoms with Crippen molar-refractivity contribution in [2.75, 3.05) is 6.54 Å². The van der Waals surface area contributed by atoms with Gasteiger partial charge >= 0.3 is 0 Å². The van der Waals surface area contributed by atoms with Crippen LogP contribution < -0.4 is 5.32 Å². The number of furan rings is 1. The Kier molecular flexibility index (Phi) is 3.29. The highest BCUT2D eigenvalue weighted by Gasteiger charge is 2.16. The fourth-order valence-corrected chi connectivity index (χ4v) is 2.45. The zero-order chi connectivity index (χ0) is 13.1. The highest BCUT2D eigenvalue weighted by molar-refractivity contribution is 5.85. The molecule has 0 saturated carbocycles. The molecular weight excluding hydrogens is 236 g/mol. The Morgan fingerprint density at radius 3 is 3.00 bits per heavy atom. The Morgan fingerprint density at radius 1 is 1.26 bits per heavy atom. The Morgan fingerprint density at radius 2 is 2.21 bits per heavy atom. The van der Waals surface area contributed by atoms with Crippen LogP contribution in [-0.2, 0) is 0 Å². The van der Waals surface area contributed by atoms with Crippen molar-refractivity contribution in [2.45, 2.75) is 13.0 Å². The van der Waals surface area contributed by atoms with Crippen molar-refractivity contribution in [3.05, 3.63) is 66.4 Å². The number of fused-ring (bicyclic) bond motifs is 1. The molecule has 1 aromatic carbocycles. The molecule has 2 heterocycles. The Hall–Kier alpha value is -2.13. The van der Waals surface area contributed by atoms with Crippen molar-refractivity contribution in [2.24, 2.45) is 0 Å². The number of hydrogen-bond acceptors (Lipinski definition) is 3. The van der Waals surface area contributed by atoms with Crippen LogP contribution in [0.3, 0.4) is 0 Å². The summed E-state index contributed by atoms with van der Waals surface area (Å²) in [6.45, 7) is 3.01. The maximum absolute atomic E-state index is 5.22. The van der Waals surface area contributed by atoms with Gasteiger partial charge in [-0.3, -0.25) is 4.98 Å². The maximum Gasteiger partial charge on any atom is 0.0953 e. The highest BCUT2D eigenvalue weighted by atomic mass is 16.3. The van der Waals surface area contributed by atoms with Crippen LogP contribution in [0.15, 0.2) is 59.7 Å². The van der Waals surface area contributed by atoms with Crippen LogP contribution in [0.5, 0.6) is 0 Å². The number of rotatable bonds is 4. The Bertz CT molecular complexity index is 656. The molecule has 0 aliphatic rings. The smallest absolute Gasteiger partial charge is 0.0953 e. The second-order valence-corrected chi connectivity index (χ2v) is 4.49. The van der Waals surface area contributed by atoms with Crippen molar-refractivity contribution in [3.8, 4) is 0 Å². The van der Waals surface area contributed by atoms with Gasteiger partial charge < -0.3 is 9.73 Å². The molecule has 0 saturated heterocycles. The van der Waals surface area contributed by atoms with Crippen LogP contribution in [0.1, 0.15) is 24.1 Å². The van der Waals surface area contributed by atoms with E-state index in [4.69, 9.17) is 4.42 Å². The van der Waals surface area contributed by atoms with Gasteiger partial charge in [-0.2, -0.15) is 0 Å². The molecule has 0 aliphatic heterocycles. The zero-order valence-electron chi connectivity index (χ0n) is 10.8. The van der Waals surface area contributed by atoms with E-state index in [9.17, 15) is 0 Å². The Labute approximate surface area is 112 Å². The molecule has 0 spiro atoms. The van der Waals surface area contributed by atoms with Gasteiger partial charge in [0.1, 0.15) is 0 Å². The normalized spacial score (nSPS) is 12.7. The molecule has 0 aliphatic carbocycles. The summed E-state index contributed by atoms with van der Waals surface area (Å²) >= 11 is 0. The summed E-state index contributed by atoms with van der Waals surface area (Å²) in [5, 5.41) is 5.90. The van der Waals surface area contributed by atoms with Gasteiger partial charge in [0.15, 0.2) is 0 Å². The second kappa shape index (κ2) is 5.24. The molecule has 3 heteroatoms. The number of nitrogens with zero attached hydrogens (tertiary/aromatic N) is 1. The molecule has 3 nitrogen and oxygen atoms in total. The third kappa shape index (κ3) is 2.25. The molecular formula is C16H16N2O. The lowest BCUT2D eigenvalue weighted by molar-refractivity contribution is 0.553. The molecule has 0 bridgehead atoms. The predicted octanol–water partition coefficient (Wildman–Crippen LogP) is 3.53. The minimum Gasteiger partial charge on any atom is -0.472 e. The van der Waals surface area contributed by atoms with Crippen molar-refractivity contribution < 1.29 is 4.42 Å². The van der Waals surface area contributed by atoms with Crippen LogP contribution in [0, 0.1) is 0 Å². The van der Waals surface area contributed by atoms with Gasteiger partial charge in [-0.25, -0.2) is 0 Å². The van der Waals surface area contributed by atoms with E-state index in [0.717, 1.165) is 17.5 Å². The van der Waals surface area contributed by atoms with Crippen LogP contribution in [-0.4, -0.2) is 11.5 Å². The van der Waals surface area contributed by atoms with Gasteiger partial charge in [0.25, 0.3) is 0 Å². The van der Waals surface area contributed by atoms with Crippen LogP contribution in [0.2, 0.25) is 0 Å². The molecule has 96 valence electrons. The average Bonchev–Trinajstić information content (AvgIpc) is 2.98. The van der Waals surface area contributed by atoms with Gasteiger partial charge in [0.2, 0.25) is 0 Å². The summed E-state index contributed by atoms with van der Waals surface area (Å²) < 4.78 is 5.22. The van der Waals surface area contributed by atoms with E-state index in [-0.39, 0.29) is 6.04 Å². The topological polar surface area (TPSA) is 38.1 Å². The minimum atomic E-state index is 0.148. The number of hydrogen-bond donors (Lipinski definition) is 1. The van der Waals surface area contributed by atoms with Crippen LogP contribution in [0.25, 0.3) is 10.8 Å². The molecule has 0 amide bonds. The van der Waals surface area contributed by atoms with E-state index in [1.54, 1.807) is 12.5 Å². The van der Waals surface area contributed by atoms with E-state index in [2.05, 4.69) is 41.5 Å². The number of nitrogens with one attached hydrogen (secondary N) is 1. The highest BCUT2D eigenvalue weighted by Crippen LogP contribution is 2.28. The lowest BCUT2D eigenvalue weighted by Crippen LogP contribution is -2.21. The number of pyridine rings is 1. The first-order valence-corrected chi connectivity index (χ1v) is 6.48. The predicted molar refractivity (Wildman–Crippen MR) is 76.0 cm³/mol. The summed E-state index contributed by atoms with van der Waals surface area (Å²) in [7, 11) is 0. The van der Waals surface area contributed by atoms with E-state index < -0.39 is 0 Å². The first-order chi connectivity index (χ1) is 9.40. The Balaban J connectivity index is 2.15. The standard InChI is InChI=1S/C16H16N2O/c1-2-18-16(13-7-9-19-11-13)15-5-3-4-12-10-17-8-6-14(12)15/h3-11,16,18H,2H2,1H3. The first-order valence-electron chi connectivity index (χ1n) is 6.48. The molecule has 1 N–H and O–H groups in total. The average molecular weight is 252 g/mol. The van der Waals surface area contributed by atoms with Gasteiger partial charge in [-0.1, -0.05) is 25.1 Å². The lowest BCUT2D eigenvalue weighted by Gasteiger charge is -2.18. The van der Waals surface area contributed by atoms with Gasteiger partial charge in [0.05, 0.1) is 18.6 Å². The van der Waals surface area contributed by atoms with Crippen molar-refractivity contribution in [3.63, 3.8) is 0 Å². The first kappa shape index (κ1) is 11.9. The zero-order valence-corrected chi connectivity index (χ0v) is 10.8. The van der Waals surface area contributed by atoms with Crippen molar-refractivity contribution in [1.82, 2.24) is 10.3 Å². The molecule has 1 atom stereocenters. The molecule has 3 rings (SSSR count). The monoisotopic (exact) mass is 252 g/mol. The number of benzene rings is 1. The largest absolute Gasteiger partial charge is 0.472 e. The summed E-state index contributed by atoms with van der Waals surface area (Å²) in [6.07, 6.45) is 7.25. The van der Waals surface area contributed by atoms with Gasteiger partial charge in [-0.05, 0) is 29.6 Å². The maximum atomic E-state index is 5.22. The summed E-state index contributed by atoms with van der Waals surface area (Å²) in [5.41, 5.74) is 2.40. The fraction of sp³-hybridized carbons (Fsp3) is 0.188. The van der Waals surface area contributed by atoms with Crippen molar-refractivity contribution in [1.29, 1.82) is 0 Å². The summed E-state index contributed by atoms with van der Waals surface area (Å²) in [5.74, 6) is 0. The lowest BCUT2D eigenvalue weighted by atomic mass is 9.96. The summed E-state index contributed by atoms with van der Waals surface area (Å²) in [4.78, 5) is 4.18. The molecule has 0 radical (unpaired) electrons. The third-order valence-corrected chi connectivity index (χ3v) is 3.31. The van der Waals surface area contributed by atoms with Gasteiger partial charge in [-0.15, -0.1) is 0 Å². The van der Waals surface area contributed by atoms with Crippen LogP contribution >= 0.6 is 0 Å².